The lowest BCUT2D eigenvalue weighted by Gasteiger charge is -2.14. The third-order valence-corrected chi connectivity index (χ3v) is 3.28. The summed E-state index contributed by atoms with van der Waals surface area (Å²) in [5.41, 5.74) is -0.203. The van der Waals surface area contributed by atoms with Gasteiger partial charge in [-0.3, -0.25) is 9.59 Å². The monoisotopic (exact) mass is 279 g/mol. The average molecular weight is 279 g/mol. The Hall–Kier alpha value is -1.85. The van der Waals surface area contributed by atoms with Crippen LogP contribution in [0.3, 0.4) is 0 Å². The highest BCUT2D eigenvalue weighted by Gasteiger charge is 2.26. The molecule has 1 aromatic rings. The molecule has 6 heteroatoms. The van der Waals surface area contributed by atoms with Gasteiger partial charge in [0.1, 0.15) is 11.8 Å². The lowest BCUT2D eigenvalue weighted by Crippen LogP contribution is -2.45. The van der Waals surface area contributed by atoms with Crippen molar-refractivity contribution in [2.24, 2.45) is 0 Å². The summed E-state index contributed by atoms with van der Waals surface area (Å²) in [4.78, 5) is 27.8. The molecule has 1 aliphatic rings. The van der Waals surface area contributed by atoms with Crippen LogP contribution in [0.15, 0.2) is 10.6 Å². The molecule has 0 spiro atoms. The fourth-order valence-corrected chi connectivity index (χ4v) is 2.02. The maximum Gasteiger partial charge on any atom is 0.307 e. The predicted octanol–water partition coefficient (Wildman–Crippen LogP) is 1.37. The van der Waals surface area contributed by atoms with Crippen LogP contribution in [0, 0.1) is 0 Å². The van der Waals surface area contributed by atoms with Gasteiger partial charge in [0.15, 0.2) is 0 Å². The third kappa shape index (κ3) is 3.37. The smallest absolute Gasteiger partial charge is 0.307 e. The highest BCUT2D eigenvalue weighted by Crippen LogP contribution is 2.22. The van der Waals surface area contributed by atoms with Crippen LogP contribution in [0.4, 0.5) is 0 Å². The molecule has 0 aromatic carbocycles. The van der Waals surface area contributed by atoms with E-state index < -0.39 is 11.9 Å². The van der Waals surface area contributed by atoms with Crippen molar-refractivity contribution in [1.82, 2.24) is 15.6 Å². The Labute approximate surface area is 118 Å². The van der Waals surface area contributed by atoms with Crippen molar-refractivity contribution in [3.05, 3.63) is 17.8 Å². The molecule has 2 rings (SSSR count). The molecular weight excluding hydrogens is 258 g/mol. The molecule has 2 amide bonds. The zero-order valence-electron chi connectivity index (χ0n) is 12.2. The van der Waals surface area contributed by atoms with Gasteiger partial charge in [-0.15, -0.1) is 0 Å². The van der Waals surface area contributed by atoms with E-state index in [-0.39, 0.29) is 17.2 Å². The summed E-state index contributed by atoms with van der Waals surface area (Å²) in [6.07, 6.45) is 4.04. The molecule has 6 nitrogen and oxygen atoms in total. The van der Waals surface area contributed by atoms with Crippen LogP contribution < -0.4 is 10.6 Å². The number of nitrogens with zero attached hydrogens (tertiary/aromatic N) is 1. The highest BCUT2D eigenvalue weighted by atomic mass is 16.4. The van der Waals surface area contributed by atoms with Crippen molar-refractivity contribution in [1.29, 1.82) is 0 Å². The number of carbonyl (C=O) groups is 2. The van der Waals surface area contributed by atoms with Gasteiger partial charge >= 0.3 is 5.91 Å². The van der Waals surface area contributed by atoms with Crippen LogP contribution in [0.1, 0.15) is 56.5 Å². The Bertz CT molecular complexity index is 502. The van der Waals surface area contributed by atoms with E-state index in [2.05, 4.69) is 15.6 Å². The first-order valence-corrected chi connectivity index (χ1v) is 6.93. The minimum atomic E-state index is -0.505. The van der Waals surface area contributed by atoms with Gasteiger partial charge in [-0.25, -0.2) is 4.98 Å². The van der Waals surface area contributed by atoms with E-state index in [1.54, 1.807) is 6.20 Å². The normalized spacial score (nSPS) is 20.1. The molecule has 20 heavy (non-hydrogen) atoms. The summed E-state index contributed by atoms with van der Waals surface area (Å²) in [6.45, 7) is 6.61. The zero-order valence-corrected chi connectivity index (χ0v) is 12.2. The minimum Gasteiger partial charge on any atom is -0.437 e. The van der Waals surface area contributed by atoms with E-state index in [0.717, 1.165) is 12.8 Å². The minimum absolute atomic E-state index is 0.00646. The van der Waals surface area contributed by atoms with Crippen molar-refractivity contribution < 1.29 is 14.0 Å². The molecule has 1 saturated heterocycles. The Kier molecular flexibility index (Phi) is 4.11. The van der Waals surface area contributed by atoms with E-state index >= 15 is 0 Å². The summed E-state index contributed by atoms with van der Waals surface area (Å²) >= 11 is 0. The van der Waals surface area contributed by atoms with Crippen LogP contribution in [0.2, 0.25) is 0 Å². The van der Waals surface area contributed by atoms with Crippen LogP contribution in [0.5, 0.6) is 0 Å². The third-order valence-electron chi connectivity index (χ3n) is 3.28. The molecule has 0 saturated carbocycles. The lowest BCUT2D eigenvalue weighted by molar-refractivity contribution is -0.122. The zero-order chi connectivity index (χ0) is 14.8. The Morgan fingerprint density at radius 2 is 2.20 bits per heavy atom. The van der Waals surface area contributed by atoms with E-state index in [1.165, 1.54) is 0 Å². The van der Waals surface area contributed by atoms with Crippen LogP contribution in [-0.4, -0.2) is 29.4 Å². The van der Waals surface area contributed by atoms with Gasteiger partial charge < -0.3 is 15.1 Å². The molecule has 0 unspecified atom stereocenters. The fourth-order valence-electron chi connectivity index (χ4n) is 2.02. The number of rotatable bonds is 2. The van der Waals surface area contributed by atoms with Crippen molar-refractivity contribution in [3.8, 4) is 0 Å². The van der Waals surface area contributed by atoms with E-state index in [9.17, 15) is 9.59 Å². The van der Waals surface area contributed by atoms with Crippen molar-refractivity contribution in [3.63, 3.8) is 0 Å². The van der Waals surface area contributed by atoms with Crippen molar-refractivity contribution >= 4 is 11.8 Å². The largest absolute Gasteiger partial charge is 0.437 e. The van der Waals surface area contributed by atoms with Gasteiger partial charge in [0.05, 0.1) is 6.20 Å². The maximum atomic E-state index is 12.1. The summed E-state index contributed by atoms with van der Waals surface area (Å²) in [6, 6.07) is -0.505. The Balaban J connectivity index is 2.04. The van der Waals surface area contributed by atoms with E-state index in [1.807, 2.05) is 20.8 Å². The van der Waals surface area contributed by atoms with Crippen molar-refractivity contribution in [2.45, 2.75) is 51.5 Å². The molecule has 0 radical (unpaired) electrons. The second kappa shape index (κ2) is 5.64. The molecule has 1 atom stereocenters. The van der Waals surface area contributed by atoms with Gasteiger partial charge in [0.2, 0.25) is 5.91 Å². The summed E-state index contributed by atoms with van der Waals surface area (Å²) < 4.78 is 5.46. The van der Waals surface area contributed by atoms with Gasteiger partial charge in [-0.2, -0.15) is 0 Å². The second-order valence-corrected chi connectivity index (χ2v) is 6.09. The lowest BCUT2D eigenvalue weighted by atomic mass is 9.94. The van der Waals surface area contributed by atoms with Crippen LogP contribution in [0.25, 0.3) is 0 Å². The molecule has 2 N–H and O–H groups in total. The first-order valence-electron chi connectivity index (χ1n) is 6.93. The predicted molar refractivity (Wildman–Crippen MR) is 73.3 cm³/mol. The topological polar surface area (TPSA) is 84.2 Å². The average Bonchev–Trinajstić information content (AvgIpc) is 2.78. The number of aromatic nitrogens is 1. The Morgan fingerprint density at radius 1 is 1.45 bits per heavy atom. The first kappa shape index (κ1) is 14.6. The highest BCUT2D eigenvalue weighted by molar-refractivity contribution is 5.94. The number of hydrogen-bond acceptors (Lipinski definition) is 4. The number of carbonyl (C=O) groups excluding carboxylic acids is 2. The number of nitrogens with one attached hydrogen (secondary N) is 2. The molecule has 110 valence electrons. The molecule has 2 heterocycles. The van der Waals surface area contributed by atoms with Crippen LogP contribution >= 0.6 is 0 Å². The number of hydrogen-bond donors (Lipinski definition) is 2. The summed E-state index contributed by atoms with van der Waals surface area (Å²) in [7, 11) is 0. The van der Waals surface area contributed by atoms with E-state index in [4.69, 9.17) is 4.42 Å². The van der Waals surface area contributed by atoms with Crippen molar-refractivity contribution in [2.75, 3.05) is 6.54 Å². The van der Waals surface area contributed by atoms with Gasteiger partial charge in [0.25, 0.3) is 5.89 Å². The molecule has 1 aliphatic heterocycles. The standard InChI is InChI=1S/C14H21N3O3/c1-14(2,3)10-8-16-13(20-10)12(19)17-9-6-4-5-7-15-11(9)18/h8-9H,4-7H2,1-3H3,(H,15,18)(H,17,19)/t9-/m1/s1. The second-order valence-electron chi connectivity index (χ2n) is 6.09. The summed E-state index contributed by atoms with van der Waals surface area (Å²) in [5, 5.41) is 5.46. The SMILES string of the molecule is CC(C)(C)c1cnc(C(=O)N[C@@H]2CCCCNC2=O)o1. The van der Waals surface area contributed by atoms with Gasteiger partial charge in [0, 0.05) is 12.0 Å². The van der Waals surface area contributed by atoms with Gasteiger partial charge in [-0.1, -0.05) is 20.8 Å². The number of amides is 2. The molecule has 0 aliphatic carbocycles. The molecule has 1 fully saturated rings. The molecular formula is C14H21N3O3. The van der Waals surface area contributed by atoms with E-state index in [0.29, 0.717) is 18.7 Å². The molecule has 0 bridgehead atoms. The maximum absolute atomic E-state index is 12.1. The fraction of sp³-hybridized carbons (Fsp3) is 0.643. The quantitative estimate of drug-likeness (QED) is 0.856. The first-order chi connectivity index (χ1) is 9.38. The summed E-state index contributed by atoms with van der Waals surface area (Å²) in [5.74, 6) is 0.0703. The number of oxazole rings is 1. The van der Waals surface area contributed by atoms with Crippen LogP contribution in [-0.2, 0) is 10.2 Å². The van der Waals surface area contributed by atoms with Gasteiger partial charge in [-0.05, 0) is 19.3 Å². The molecule has 1 aromatic heterocycles. The Morgan fingerprint density at radius 3 is 2.85 bits per heavy atom.